The lowest BCUT2D eigenvalue weighted by atomic mass is 10.1. The van der Waals surface area contributed by atoms with Crippen LogP contribution in [0.15, 0.2) is 18.2 Å². The van der Waals surface area contributed by atoms with E-state index in [0.717, 1.165) is 5.56 Å². The van der Waals surface area contributed by atoms with Crippen molar-refractivity contribution in [1.82, 2.24) is 5.32 Å². The zero-order chi connectivity index (χ0) is 14.0. The SMILES string of the molecule is CC(C)(C)OC(=O)N[C@H]1COc2cc(C#N)ccc21. The monoisotopic (exact) mass is 260 g/mol. The molecular weight excluding hydrogens is 244 g/mol. The van der Waals surface area contributed by atoms with Crippen molar-refractivity contribution in [1.29, 1.82) is 5.26 Å². The Hall–Kier alpha value is -2.22. The van der Waals surface area contributed by atoms with E-state index in [9.17, 15) is 4.79 Å². The molecular formula is C14H16N2O3. The van der Waals surface area contributed by atoms with Crippen LogP contribution in [0.5, 0.6) is 5.75 Å². The van der Waals surface area contributed by atoms with E-state index < -0.39 is 11.7 Å². The fourth-order valence-corrected chi connectivity index (χ4v) is 1.85. The van der Waals surface area contributed by atoms with E-state index in [-0.39, 0.29) is 6.04 Å². The summed E-state index contributed by atoms with van der Waals surface area (Å²) in [7, 11) is 0. The van der Waals surface area contributed by atoms with Gasteiger partial charge in [-0.3, -0.25) is 0 Å². The molecule has 1 amide bonds. The van der Waals surface area contributed by atoms with E-state index in [0.29, 0.717) is 17.9 Å². The fourth-order valence-electron chi connectivity index (χ4n) is 1.85. The number of rotatable bonds is 1. The Morgan fingerprint density at radius 1 is 1.53 bits per heavy atom. The minimum Gasteiger partial charge on any atom is -0.491 e. The molecule has 1 atom stereocenters. The van der Waals surface area contributed by atoms with Crippen LogP contribution in [0, 0.1) is 11.3 Å². The fraction of sp³-hybridized carbons (Fsp3) is 0.429. The summed E-state index contributed by atoms with van der Waals surface area (Å²) in [5, 5.41) is 11.6. The Labute approximate surface area is 112 Å². The molecule has 0 spiro atoms. The highest BCUT2D eigenvalue weighted by molar-refractivity contribution is 5.69. The molecule has 19 heavy (non-hydrogen) atoms. The Kier molecular flexibility index (Phi) is 3.34. The summed E-state index contributed by atoms with van der Waals surface area (Å²) in [6.45, 7) is 5.78. The summed E-state index contributed by atoms with van der Waals surface area (Å²) in [6, 6.07) is 6.99. The van der Waals surface area contributed by atoms with Crippen LogP contribution in [0.4, 0.5) is 4.79 Å². The van der Waals surface area contributed by atoms with Gasteiger partial charge in [-0.05, 0) is 32.9 Å². The maximum absolute atomic E-state index is 11.7. The first-order valence-electron chi connectivity index (χ1n) is 6.05. The number of nitrogens with zero attached hydrogens (tertiary/aromatic N) is 1. The van der Waals surface area contributed by atoms with E-state index in [4.69, 9.17) is 14.7 Å². The molecule has 5 heteroatoms. The predicted molar refractivity (Wildman–Crippen MR) is 68.8 cm³/mol. The van der Waals surface area contributed by atoms with Gasteiger partial charge in [-0.1, -0.05) is 6.07 Å². The molecule has 0 radical (unpaired) electrons. The molecule has 1 aliphatic rings. The Balaban J connectivity index is 2.07. The van der Waals surface area contributed by atoms with Crippen molar-refractivity contribution in [2.45, 2.75) is 32.4 Å². The molecule has 1 N–H and O–H groups in total. The van der Waals surface area contributed by atoms with Gasteiger partial charge in [0.25, 0.3) is 0 Å². The molecule has 0 saturated carbocycles. The van der Waals surface area contributed by atoms with Crippen LogP contribution in [-0.2, 0) is 4.74 Å². The minimum absolute atomic E-state index is 0.238. The molecule has 0 aliphatic carbocycles. The summed E-state index contributed by atoms with van der Waals surface area (Å²) in [5.41, 5.74) is 0.873. The van der Waals surface area contributed by atoms with Crippen LogP contribution in [0.1, 0.15) is 37.9 Å². The molecule has 0 bridgehead atoms. The lowest BCUT2D eigenvalue weighted by Crippen LogP contribution is -2.35. The summed E-state index contributed by atoms with van der Waals surface area (Å²) in [4.78, 5) is 11.7. The number of carbonyl (C=O) groups excluding carboxylic acids is 1. The summed E-state index contributed by atoms with van der Waals surface area (Å²) < 4.78 is 10.7. The van der Waals surface area contributed by atoms with E-state index >= 15 is 0 Å². The maximum atomic E-state index is 11.7. The van der Waals surface area contributed by atoms with Crippen molar-refractivity contribution in [3.8, 4) is 11.8 Å². The zero-order valence-corrected chi connectivity index (χ0v) is 11.2. The topological polar surface area (TPSA) is 71.3 Å². The van der Waals surface area contributed by atoms with Gasteiger partial charge >= 0.3 is 6.09 Å². The molecule has 0 unspecified atom stereocenters. The normalized spacial score (nSPS) is 17.1. The van der Waals surface area contributed by atoms with Gasteiger partial charge in [-0.25, -0.2) is 4.79 Å². The second-order valence-corrected chi connectivity index (χ2v) is 5.37. The van der Waals surface area contributed by atoms with E-state index in [1.54, 1.807) is 18.2 Å². The van der Waals surface area contributed by atoms with Crippen molar-refractivity contribution >= 4 is 6.09 Å². The third-order valence-electron chi connectivity index (χ3n) is 2.61. The van der Waals surface area contributed by atoms with E-state index in [2.05, 4.69) is 11.4 Å². The lowest BCUT2D eigenvalue weighted by molar-refractivity contribution is 0.0497. The van der Waals surface area contributed by atoms with Gasteiger partial charge in [0.2, 0.25) is 0 Å². The van der Waals surface area contributed by atoms with Crippen LogP contribution in [0.2, 0.25) is 0 Å². The van der Waals surface area contributed by atoms with Gasteiger partial charge in [0.05, 0.1) is 17.7 Å². The number of nitrogens with one attached hydrogen (secondary N) is 1. The average Bonchev–Trinajstić information content (AvgIpc) is 2.69. The van der Waals surface area contributed by atoms with Crippen molar-refractivity contribution in [2.24, 2.45) is 0 Å². The highest BCUT2D eigenvalue weighted by atomic mass is 16.6. The van der Waals surface area contributed by atoms with Crippen LogP contribution < -0.4 is 10.1 Å². The first kappa shape index (κ1) is 13.2. The number of carbonyl (C=O) groups is 1. The number of benzene rings is 1. The number of alkyl carbamates (subject to hydrolysis) is 1. The maximum Gasteiger partial charge on any atom is 0.408 e. The molecule has 1 aliphatic heterocycles. The number of hydrogen-bond acceptors (Lipinski definition) is 4. The van der Waals surface area contributed by atoms with Crippen LogP contribution in [0.25, 0.3) is 0 Å². The summed E-state index contributed by atoms with van der Waals surface area (Å²) >= 11 is 0. The smallest absolute Gasteiger partial charge is 0.408 e. The third kappa shape index (κ3) is 3.16. The lowest BCUT2D eigenvalue weighted by Gasteiger charge is -2.21. The number of amides is 1. The highest BCUT2D eigenvalue weighted by Crippen LogP contribution is 2.33. The minimum atomic E-state index is -0.531. The molecule has 0 saturated heterocycles. The van der Waals surface area contributed by atoms with Crippen molar-refractivity contribution in [3.05, 3.63) is 29.3 Å². The van der Waals surface area contributed by atoms with Gasteiger partial charge in [0, 0.05) is 5.56 Å². The number of hydrogen-bond donors (Lipinski definition) is 1. The number of ether oxygens (including phenoxy) is 2. The second kappa shape index (κ2) is 4.81. The Morgan fingerprint density at radius 3 is 2.89 bits per heavy atom. The molecule has 2 rings (SSSR count). The molecule has 1 aromatic carbocycles. The molecule has 1 heterocycles. The Morgan fingerprint density at radius 2 is 2.26 bits per heavy atom. The highest BCUT2D eigenvalue weighted by Gasteiger charge is 2.27. The zero-order valence-electron chi connectivity index (χ0n) is 11.2. The summed E-state index contributed by atoms with van der Waals surface area (Å²) in [6.07, 6.45) is -0.474. The largest absolute Gasteiger partial charge is 0.491 e. The van der Waals surface area contributed by atoms with Gasteiger partial charge < -0.3 is 14.8 Å². The molecule has 0 aromatic heterocycles. The number of fused-ring (bicyclic) bond motifs is 1. The van der Waals surface area contributed by atoms with Crippen molar-refractivity contribution in [3.63, 3.8) is 0 Å². The third-order valence-corrected chi connectivity index (χ3v) is 2.61. The van der Waals surface area contributed by atoms with Crippen molar-refractivity contribution < 1.29 is 14.3 Å². The second-order valence-electron chi connectivity index (χ2n) is 5.37. The standard InChI is InChI=1S/C14H16N2O3/c1-14(2,3)19-13(17)16-11-8-18-12-6-9(7-15)4-5-10(11)12/h4-6,11H,8H2,1-3H3,(H,16,17)/t11-/m0/s1. The first-order chi connectivity index (χ1) is 8.89. The van der Waals surface area contributed by atoms with Crippen LogP contribution in [-0.4, -0.2) is 18.3 Å². The van der Waals surface area contributed by atoms with Gasteiger partial charge in [-0.15, -0.1) is 0 Å². The van der Waals surface area contributed by atoms with Crippen LogP contribution in [0.3, 0.4) is 0 Å². The first-order valence-corrected chi connectivity index (χ1v) is 6.05. The van der Waals surface area contributed by atoms with Gasteiger partial charge in [0.15, 0.2) is 0 Å². The van der Waals surface area contributed by atoms with Crippen molar-refractivity contribution in [2.75, 3.05) is 6.61 Å². The molecule has 100 valence electrons. The molecule has 1 aromatic rings. The van der Waals surface area contributed by atoms with E-state index in [1.807, 2.05) is 20.8 Å². The number of nitriles is 1. The molecule has 5 nitrogen and oxygen atoms in total. The quantitative estimate of drug-likeness (QED) is 0.842. The average molecular weight is 260 g/mol. The van der Waals surface area contributed by atoms with Crippen LogP contribution >= 0.6 is 0 Å². The Bertz CT molecular complexity index is 541. The molecule has 0 fully saturated rings. The van der Waals surface area contributed by atoms with E-state index in [1.165, 1.54) is 0 Å². The van der Waals surface area contributed by atoms with Gasteiger partial charge in [0.1, 0.15) is 18.0 Å². The predicted octanol–water partition coefficient (Wildman–Crippen LogP) is 2.52. The summed E-state index contributed by atoms with van der Waals surface area (Å²) in [5.74, 6) is 0.639. The van der Waals surface area contributed by atoms with Gasteiger partial charge in [-0.2, -0.15) is 5.26 Å².